The molecule has 5 nitrogen and oxygen atoms in total. The molecular weight excluding hydrogens is 254 g/mol. The number of hydrogen-bond donors (Lipinski definition) is 3. The third-order valence-electron chi connectivity index (χ3n) is 3.37. The number of aromatic nitrogens is 1. The highest BCUT2D eigenvalue weighted by atomic mass is 16.5. The number of nitrogens with one attached hydrogen (secondary N) is 1. The van der Waals surface area contributed by atoms with E-state index in [1.54, 1.807) is 6.07 Å². The summed E-state index contributed by atoms with van der Waals surface area (Å²) in [6.07, 6.45) is -0.723. The molecule has 0 unspecified atom stereocenters. The molecule has 20 heavy (non-hydrogen) atoms. The first-order valence-corrected chi connectivity index (χ1v) is 6.61. The molecular formula is C15H19N3O2. The van der Waals surface area contributed by atoms with Gasteiger partial charge < -0.3 is 20.6 Å². The van der Waals surface area contributed by atoms with E-state index in [9.17, 15) is 5.11 Å². The molecule has 0 aliphatic heterocycles. The Morgan fingerprint density at radius 1 is 1.45 bits per heavy atom. The van der Waals surface area contributed by atoms with Crippen LogP contribution in [0.2, 0.25) is 0 Å². The summed E-state index contributed by atoms with van der Waals surface area (Å²) in [6, 6.07) is 8.99. The lowest BCUT2D eigenvalue weighted by molar-refractivity contribution is 0.0722. The number of aliphatic hydroxyl groups excluding tert-OH is 1. The van der Waals surface area contributed by atoms with Crippen LogP contribution in [-0.4, -0.2) is 28.8 Å². The van der Waals surface area contributed by atoms with Crippen molar-refractivity contribution in [2.24, 2.45) is 11.7 Å². The van der Waals surface area contributed by atoms with Gasteiger partial charge in [0.2, 0.25) is 0 Å². The third kappa shape index (κ3) is 2.93. The molecule has 0 fully saturated rings. The van der Waals surface area contributed by atoms with E-state index in [0.717, 1.165) is 10.9 Å². The van der Waals surface area contributed by atoms with Crippen molar-refractivity contribution in [1.82, 2.24) is 4.98 Å². The summed E-state index contributed by atoms with van der Waals surface area (Å²) >= 11 is 0. The minimum atomic E-state index is -0.723. The van der Waals surface area contributed by atoms with E-state index in [1.807, 2.05) is 32.0 Å². The molecule has 2 atom stereocenters. The Morgan fingerprint density at radius 2 is 2.20 bits per heavy atom. The topological polar surface area (TPSA) is 95.1 Å². The second-order valence-electron chi connectivity index (χ2n) is 5.21. The van der Waals surface area contributed by atoms with Crippen molar-refractivity contribution in [3.05, 3.63) is 30.0 Å². The molecule has 1 aromatic carbocycles. The number of aliphatic hydroxyl groups is 1. The van der Waals surface area contributed by atoms with Crippen LogP contribution in [0, 0.1) is 17.2 Å². The minimum Gasteiger partial charge on any atom is -0.490 e. The van der Waals surface area contributed by atoms with Crippen molar-refractivity contribution in [2.45, 2.75) is 26.0 Å². The van der Waals surface area contributed by atoms with Gasteiger partial charge in [-0.3, -0.25) is 0 Å². The Balaban J connectivity index is 2.14. The summed E-state index contributed by atoms with van der Waals surface area (Å²) in [7, 11) is 0. The first-order chi connectivity index (χ1) is 9.52. The van der Waals surface area contributed by atoms with Crippen molar-refractivity contribution in [3.8, 4) is 11.8 Å². The zero-order valence-electron chi connectivity index (χ0n) is 11.6. The molecule has 0 aliphatic carbocycles. The van der Waals surface area contributed by atoms with Crippen LogP contribution in [0.1, 0.15) is 19.5 Å². The van der Waals surface area contributed by atoms with E-state index in [2.05, 4.69) is 11.1 Å². The van der Waals surface area contributed by atoms with E-state index in [-0.39, 0.29) is 18.6 Å². The van der Waals surface area contributed by atoms with Gasteiger partial charge in [0.1, 0.15) is 30.2 Å². The fraction of sp³-hybridized carbons (Fsp3) is 0.400. The lowest BCUT2D eigenvalue weighted by atomic mass is 10.0. The summed E-state index contributed by atoms with van der Waals surface area (Å²) in [4.78, 5) is 2.99. The van der Waals surface area contributed by atoms with E-state index in [0.29, 0.717) is 11.4 Å². The fourth-order valence-electron chi connectivity index (χ4n) is 2.04. The van der Waals surface area contributed by atoms with E-state index in [4.69, 9.17) is 15.7 Å². The Hall–Kier alpha value is -2.03. The SMILES string of the molecule is CC(C)[C@H](N)[C@@H](O)COc1cccc2[nH]c(C#N)cc12. The maximum Gasteiger partial charge on any atom is 0.128 e. The lowest BCUT2D eigenvalue weighted by Gasteiger charge is -2.22. The fourth-order valence-corrected chi connectivity index (χ4v) is 2.04. The van der Waals surface area contributed by atoms with Gasteiger partial charge in [0.05, 0.1) is 5.52 Å². The van der Waals surface area contributed by atoms with Gasteiger partial charge in [0.25, 0.3) is 0 Å². The summed E-state index contributed by atoms with van der Waals surface area (Å²) in [5.74, 6) is 0.817. The van der Waals surface area contributed by atoms with Crippen LogP contribution < -0.4 is 10.5 Å². The molecule has 1 heterocycles. The Morgan fingerprint density at radius 3 is 2.85 bits per heavy atom. The van der Waals surface area contributed by atoms with Gasteiger partial charge in [-0.15, -0.1) is 0 Å². The highest BCUT2D eigenvalue weighted by Gasteiger charge is 2.19. The number of aromatic amines is 1. The molecule has 0 bridgehead atoms. The molecule has 4 N–H and O–H groups in total. The predicted molar refractivity (Wildman–Crippen MR) is 77.3 cm³/mol. The molecule has 5 heteroatoms. The highest BCUT2D eigenvalue weighted by molar-refractivity contribution is 5.87. The number of rotatable bonds is 5. The van der Waals surface area contributed by atoms with Crippen LogP contribution >= 0.6 is 0 Å². The number of fused-ring (bicyclic) bond motifs is 1. The second-order valence-corrected chi connectivity index (χ2v) is 5.21. The third-order valence-corrected chi connectivity index (χ3v) is 3.37. The predicted octanol–water partition coefficient (Wildman–Crippen LogP) is 1.76. The van der Waals surface area contributed by atoms with Gasteiger partial charge >= 0.3 is 0 Å². The quantitative estimate of drug-likeness (QED) is 0.773. The van der Waals surface area contributed by atoms with Gasteiger partial charge in [-0.05, 0) is 24.1 Å². The Bertz CT molecular complexity index is 628. The molecule has 0 radical (unpaired) electrons. The van der Waals surface area contributed by atoms with Crippen LogP contribution in [0.25, 0.3) is 10.9 Å². The summed E-state index contributed by atoms with van der Waals surface area (Å²) < 4.78 is 5.65. The van der Waals surface area contributed by atoms with Crippen molar-refractivity contribution >= 4 is 10.9 Å². The van der Waals surface area contributed by atoms with Crippen molar-refractivity contribution in [3.63, 3.8) is 0 Å². The first-order valence-electron chi connectivity index (χ1n) is 6.61. The van der Waals surface area contributed by atoms with Gasteiger partial charge in [-0.2, -0.15) is 5.26 Å². The first kappa shape index (κ1) is 14.4. The van der Waals surface area contributed by atoms with Crippen LogP contribution in [0.15, 0.2) is 24.3 Å². The summed E-state index contributed by atoms with van der Waals surface area (Å²) in [5, 5.41) is 19.7. The monoisotopic (exact) mass is 273 g/mol. The molecule has 106 valence electrons. The zero-order valence-corrected chi connectivity index (χ0v) is 11.6. The number of nitrogens with zero attached hydrogens (tertiary/aromatic N) is 1. The molecule has 0 amide bonds. The van der Waals surface area contributed by atoms with Crippen molar-refractivity contribution in [1.29, 1.82) is 5.26 Å². The summed E-state index contributed by atoms with van der Waals surface area (Å²) in [5.41, 5.74) is 7.20. The molecule has 0 saturated carbocycles. The number of ether oxygens (including phenoxy) is 1. The Labute approximate surface area is 118 Å². The van der Waals surface area contributed by atoms with Gasteiger partial charge in [0.15, 0.2) is 0 Å². The summed E-state index contributed by atoms with van der Waals surface area (Å²) in [6.45, 7) is 4.05. The lowest BCUT2D eigenvalue weighted by Crippen LogP contribution is -2.42. The van der Waals surface area contributed by atoms with E-state index in [1.165, 1.54) is 0 Å². The smallest absolute Gasteiger partial charge is 0.128 e. The average molecular weight is 273 g/mol. The number of nitriles is 1. The van der Waals surface area contributed by atoms with Gasteiger partial charge in [-0.1, -0.05) is 19.9 Å². The van der Waals surface area contributed by atoms with Crippen LogP contribution in [0.3, 0.4) is 0 Å². The Kier molecular flexibility index (Phi) is 4.28. The number of nitrogens with two attached hydrogens (primary N) is 1. The molecule has 0 spiro atoms. The average Bonchev–Trinajstić information content (AvgIpc) is 2.87. The second kappa shape index (κ2) is 5.95. The van der Waals surface area contributed by atoms with E-state index < -0.39 is 6.10 Å². The number of hydrogen-bond acceptors (Lipinski definition) is 4. The van der Waals surface area contributed by atoms with Crippen molar-refractivity contribution in [2.75, 3.05) is 6.61 Å². The van der Waals surface area contributed by atoms with Crippen molar-refractivity contribution < 1.29 is 9.84 Å². The maximum absolute atomic E-state index is 9.96. The molecule has 2 aromatic rings. The highest BCUT2D eigenvalue weighted by Crippen LogP contribution is 2.26. The molecule has 2 rings (SSSR count). The molecule has 0 aliphatic rings. The largest absolute Gasteiger partial charge is 0.490 e. The zero-order chi connectivity index (χ0) is 14.7. The van der Waals surface area contributed by atoms with Gasteiger partial charge in [-0.25, -0.2) is 0 Å². The van der Waals surface area contributed by atoms with Crippen LogP contribution in [0.4, 0.5) is 0 Å². The number of benzene rings is 1. The maximum atomic E-state index is 9.96. The minimum absolute atomic E-state index is 0.130. The number of H-pyrrole nitrogens is 1. The standard InChI is InChI=1S/C15H19N3O2/c1-9(2)15(17)13(19)8-20-14-5-3-4-12-11(14)6-10(7-16)18-12/h3-6,9,13,15,18-19H,8,17H2,1-2H3/t13-,15-/m0/s1. The van der Waals surface area contributed by atoms with E-state index >= 15 is 0 Å². The van der Waals surface area contributed by atoms with Crippen LogP contribution in [0.5, 0.6) is 5.75 Å². The molecule has 1 aromatic heterocycles. The molecule has 0 saturated heterocycles. The normalized spacial score (nSPS) is 14.2. The van der Waals surface area contributed by atoms with Crippen LogP contribution in [-0.2, 0) is 0 Å². The van der Waals surface area contributed by atoms with Gasteiger partial charge in [0, 0.05) is 11.4 Å².